The number of aromatic nitrogens is 4. The highest BCUT2D eigenvalue weighted by Crippen LogP contribution is 2.23. The highest BCUT2D eigenvalue weighted by Gasteiger charge is 2.09. The lowest BCUT2D eigenvalue weighted by molar-refractivity contribution is 0.214. The van der Waals surface area contributed by atoms with Gasteiger partial charge in [-0.05, 0) is 12.2 Å². The number of rotatable bonds is 4. The molecular formula is C9H12N4OS. The van der Waals surface area contributed by atoms with Crippen LogP contribution in [0, 0.1) is 0 Å². The Kier molecular flexibility index (Phi) is 3.17. The number of fused-ring (bicyclic) bond motifs is 1. The van der Waals surface area contributed by atoms with Gasteiger partial charge in [0.1, 0.15) is 23.6 Å². The van der Waals surface area contributed by atoms with E-state index in [1.165, 1.54) is 6.33 Å². The van der Waals surface area contributed by atoms with Crippen molar-refractivity contribution in [3.63, 3.8) is 0 Å². The van der Waals surface area contributed by atoms with Crippen LogP contribution < -0.4 is 0 Å². The van der Waals surface area contributed by atoms with Crippen LogP contribution in [0.3, 0.4) is 0 Å². The molecule has 0 aromatic carbocycles. The molecule has 0 amide bonds. The molecule has 1 N–H and O–H groups in total. The second kappa shape index (κ2) is 4.59. The minimum absolute atomic E-state index is 0.106. The Labute approximate surface area is 91.6 Å². The Morgan fingerprint density at radius 1 is 1.40 bits per heavy atom. The van der Waals surface area contributed by atoms with E-state index in [0.29, 0.717) is 5.65 Å². The van der Waals surface area contributed by atoms with E-state index in [2.05, 4.69) is 21.9 Å². The van der Waals surface area contributed by atoms with Gasteiger partial charge >= 0.3 is 0 Å². The van der Waals surface area contributed by atoms with E-state index in [-0.39, 0.29) is 6.73 Å². The van der Waals surface area contributed by atoms with E-state index >= 15 is 0 Å². The fourth-order valence-corrected chi connectivity index (χ4v) is 2.07. The largest absolute Gasteiger partial charge is 0.376 e. The van der Waals surface area contributed by atoms with Gasteiger partial charge in [-0.15, -0.1) is 11.8 Å². The van der Waals surface area contributed by atoms with Gasteiger partial charge in [0.05, 0.1) is 6.33 Å². The average molecular weight is 224 g/mol. The summed E-state index contributed by atoms with van der Waals surface area (Å²) >= 11 is 1.67. The smallest absolute Gasteiger partial charge is 0.166 e. The van der Waals surface area contributed by atoms with Gasteiger partial charge in [-0.25, -0.2) is 15.0 Å². The minimum Gasteiger partial charge on any atom is -0.376 e. The molecule has 0 atom stereocenters. The standard InChI is InChI=1S/C9H12N4OS/c1-2-3-15-9-7-8(10-4-11-9)13(6-14)5-12-7/h4-5,14H,2-3,6H2,1H3. The lowest BCUT2D eigenvalue weighted by atomic mass is 10.5. The molecule has 5 nitrogen and oxygen atoms in total. The molecular weight excluding hydrogens is 212 g/mol. The third-order valence-corrected chi connectivity index (χ3v) is 3.15. The van der Waals surface area contributed by atoms with Gasteiger partial charge < -0.3 is 5.11 Å². The van der Waals surface area contributed by atoms with Crippen molar-refractivity contribution in [3.05, 3.63) is 12.7 Å². The number of nitrogens with zero attached hydrogens (tertiary/aromatic N) is 4. The van der Waals surface area contributed by atoms with Gasteiger partial charge in [-0.1, -0.05) is 6.92 Å². The molecule has 2 aromatic rings. The highest BCUT2D eigenvalue weighted by atomic mass is 32.2. The molecule has 15 heavy (non-hydrogen) atoms. The number of aliphatic hydroxyl groups excluding tert-OH is 1. The first kappa shape index (κ1) is 10.4. The topological polar surface area (TPSA) is 63.8 Å². The van der Waals surface area contributed by atoms with Crippen LogP contribution in [0.5, 0.6) is 0 Å². The number of hydrogen-bond acceptors (Lipinski definition) is 5. The molecule has 80 valence electrons. The molecule has 0 aliphatic rings. The summed E-state index contributed by atoms with van der Waals surface area (Å²) in [5, 5.41) is 9.93. The highest BCUT2D eigenvalue weighted by molar-refractivity contribution is 7.99. The Morgan fingerprint density at radius 2 is 2.27 bits per heavy atom. The third kappa shape index (κ3) is 1.95. The van der Waals surface area contributed by atoms with Gasteiger partial charge in [0, 0.05) is 0 Å². The van der Waals surface area contributed by atoms with Crippen molar-refractivity contribution < 1.29 is 5.11 Å². The minimum atomic E-state index is -0.106. The maximum Gasteiger partial charge on any atom is 0.166 e. The molecule has 0 aliphatic carbocycles. The van der Waals surface area contributed by atoms with Crippen LogP contribution in [0.15, 0.2) is 17.7 Å². The van der Waals surface area contributed by atoms with Gasteiger partial charge in [-0.2, -0.15) is 0 Å². The zero-order valence-corrected chi connectivity index (χ0v) is 9.24. The molecule has 0 unspecified atom stereocenters. The third-order valence-electron chi connectivity index (χ3n) is 1.96. The fraction of sp³-hybridized carbons (Fsp3) is 0.444. The van der Waals surface area contributed by atoms with Crippen molar-refractivity contribution in [2.24, 2.45) is 0 Å². The summed E-state index contributed by atoms with van der Waals surface area (Å²) in [7, 11) is 0. The lowest BCUT2D eigenvalue weighted by Gasteiger charge is -2.00. The van der Waals surface area contributed by atoms with Crippen molar-refractivity contribution in [2.45, 2.75) is 25.1 Å². The first-order valence-electron chi connectivity index (χ1n) is 4.76. The number of thioether (sulfide) groups is 1. The van der Waals surface area contributed by atoms with Crippen molar-refractivity contribution in [3.8, 4) is 0 Å². The van der Waals surface area contributed by atoms with Crippen molar-refractivity contribution in [1.82, 2.24) is 19.5 Å². The normalized spacial score (nSPS) is 11.1. The molecule has 2 heterocycles. The molecule has 0 saturated heterocycles. The molecule has 0 aliphatic heterocycles. The van der Waals surface area contributed by atoms with Crippen LogP contribution in [-0.4, -0.2) is 30.4 Å². The van der Waals surface area contributed by atoms with Crippen LogP contribution in [0.2, 0.25) is 0 Å². The van der Waals surface area contributed by atoms with Crippen LogP contribution >= 0.6 is 11.8 Å². The van der Waals surface area contributed by atoms with E-state index in [1.54, 1.807) is 22.7 Å². The molecule has 0 radical (unpaired) electrons. The fourth-order valence-electron chi connectivity index (χ4n) is 1.27. The summed E-state index contributed by atoms with van der Waals surface area (Å²) in [4.78, 5) is 12.5. The van der Waals surface area contributed by atoms with Crippen molar-refractivity contribution in [2.75, 3.05) is 5.75 Å². The summed E-state index contributed by atoms with van der Waals surface area (Å²) in [6.45, 7) is 2.02. The number of hydrogen-bond donors (Lipinski definition) is 1. The van der Waals surface area contributed by atoms with Gasteiger partial charge in [0.2, 0.25) is 0 Å². The summed E-state index contributed by atoms with van der Waals surface area (Å²) < 4.78 is 1.59. The van der Waals surface area contributed by atoms with Crippen molar-refractivity contribution in [1.29, 1.82) is 0 Å². The Hall–Kier alpha value is -1.14. The predicted molar refractivity (Wildman–Crippen MR) is 58.6 cm³/mol. The Bertz CT molecular complexity index is 456. The molecule has 6 heteroatoms. The summed E-state index contributed by atoms with van der Waals surface area (Å²) in [6.07, 6.45) is 4.18. The maximum absolute atomic E-state index is 9.05. The molecule has 0 fully saturated rings. The first-order valence-corrected chi connectivity index (χ1v) is 5.75. The number of imidazole rings is 1. The van der Waals surface area contributed by atoms with E-state index < -0.39 is 0 Å². The molecule has 0 bridgehead atoms. The molecule has 0 spiro atoms. The first-order chi connectivity index (χ1) is 7.36. The van der Waals surface area contributed by atoms with Gasteiger partial charge in [-0.3, -0.25) is 4.57 Å². The summed E-state index contributed by atoms with van der Waals surface area (Å²) in [6, 6.07) is 0. The van der Waals surface area contributed by atoms with Crippen molar-refractivity contribution >= 4 is 22.9 Å². The zero-order chi connectivity index (χ0) is 10.7. The molecule has 0 saturated carbocycles. The summed E-state index contributed by atoms with van der Waals surface area (Å²) in [5.74, 6) is 1.01. The van der Waals surface area contributed by atoms with E-state index in [9.17, 15) is 0 Å². The Morgan fingerprint density at radius 3 is 3.00 bits per heavy atom. The van der Waals surface area contributed by atoms with E-state index in [0.717, 1.165) is 22.7 Å². The van der Waals surface area contributed by atoms with E-state index in [1.807, 2.05) is 0 Å². The summed E-state index contributed by atoms with van der Waals surface area (Å²) in [5.41, 5.74) is 1.45. The zero-order valence-electron chi connectivity index (χ0n) is 8.42. The Balaban J connectivity index is 2.42. The average Bonchev–Trinajstić information content (AvgIpc) is 2.69. The van der Waals surface area contributed by atoms with E-state index in [4.69, 9.17) is 5.11 Å². The quantitative estimate of drug-likeness (QED) is 0.626. The number of aliphatic hydroxyl groups is 1. The second-order valence-corrected chi connectivity index (χ2v) is 4.14. The monoisotopic (exact) mass is 224 g/mol. The van der Waals surface area contributed by atoms with Crippen LogP contribution in [0.25, 0.3) is 11.2 Å². The SMILES string of the molecule is CCCSc1ncnc2c1ncn2CO. The van der Waals surface area contributed by atoms with Gasteiger partial charge in [0.15, 0.2) is 5.65 Å². The van der Waals surface area contributed by atoms with Crippen LogP contribution in [-0.2, 0) is 6.73 Å². The predicted octanol–water partition coefficient (Wildman–Crippen LogP) is 1.28. The molecule has 2 rings (SSSR count). The van der Waals surface area contributed by atoms with Gasteiger partial charge in [0.25, 0.3) is 0 Å². The lowest BCUT2D eigenvalue weighted by Crippen LogP contribution is -1.96. The maximum atomic E-state index is 9.05. The van der Waals surface area contributed by atoms with Crippen LogP contribution in [0.1, 0.15) is 13.3 Å². The van der Waals surface area contributed by atoms with Crippen LogP contribution in [0.4, 0.5) is 0 Å². The molecule has 2 aromatic heterocycles. The second-order valence-electron chi connectivity index (χ2n) is 3.06.